The third kappa shape index (κ3) is 7.35. The normalized spacial score (nSPS) is 23.3. The molecule has 3 atom stereocenters. The number of ether oxygens (including phenoxy) is 1. The first-order chi connectivity index (χ1) is 19.1. The van der Waals surface area contributed by atoms with E-state index < -0.39 is 35.8 Å². The van der Waals surface area contributed by atoms with Crippen LogP contribution in [0.25, 0.3) is 0 Å². The van der Waals surface area contributed by atoms with E-state index in [0.29, 0.717) is 24.3 Å². The summed E-state index contributed by atoms with van der Waals surface area (Å²) < 4.78 is 19.8. The van der Waals surface area contributed by atoms with Crippen LogP contribution >= 0.6 is 0 Å². The van der Waals surface area contributed by atoms with Gasteiger partial charge in [-0.2, -0.15) is 0 Å². The average molecular weight is 553 g/mol. The van der Waals surface area contributed by atoms with Gasteiger partial charge in [0.05, 0.1) is 6.04 Å². The Balaban J connectivity index is 1.58. The molecule has 0 spiro atoms. The summed E-state index contributed by atoms with van der Waals surface area (Å²) in [5.74, 6) is -0.980. The summed E-state index contributed by atoms with van der Waals surface area (Å²) in [7, 11) is 1.59. The van der Waals surface area contributed by atoms with Crippen LogP contribution in [0.2, 0.25) is 0 Å². The third-order valence-electron chi connectivity index (χ3n) is 7.45. The molecule has 10 nitrogen and oxygen atoms in total. The SMILES string of the molecule is C[C@@H]1C(=O)N[C@@H](Cc2ccc(C(=N)N)cc2)C(=O)NCCc2ccc(F)cc2OCCN[C@@H](C2CC2)C(=O)N1C. The van der Waals surface area contributed by atoms with Gasteiger partial charge in [-0.25, -0.2) is 4.39 Å². The summed E-state index contributed by atoms with van der Waals surface area (Å²) in [5, 5.41) is 16.5. The van der Waals surface area contributed by atoms with Gasteiger partial charge in [0.1, 0.15) is 36.1 Å². The van der Waals surface area contributed by atoms with Crippen molar-refractivity contribution in [3.8, 4) is 5.75 Å². The zero-order chi connectivity index (χ0) is 28.8. The highest BCUT2D eigenvalue weighted by atomic mass is 19.1. The van der Waals surface area contributed by atoms with Gasteiger partial charge in [0.15, 0.2) is 0 Å². The van der Waals surface area contributed by atoms with Crippen molar-refractivity contribution in [2.24, 2.45) is 11.7 Å². The number of rotatable bonds is 4. The predicted octanol–water partition coefficient (Wildman–Crippen LogP) is 1.10. The van der Waals surface area contributed by atoms with E-state index in [-0.39, 0.29) is 37.2 Å². The molecule has 1 heterocycles. The number of hydrogen-bond donors (Lipinski definition) is 5. The number of likely N-dealkylation sites (N-methyl/N-ethyl adjacent to an activating group) is 1. The van der Waals surface area contributed by atoms with Gasteiger partial charge < -0.3 is 31.3 Å². The van der Waals surface area contributed by atoms with Crippen molar-refractivity contribution >= 4 is 23.6 Å². The summed E-state index contributed by atoms with van der Waals surface area (Å²) in [4.78, 5) is 41.4. The van der Waals surface area contributed by atoms with E-state index in [4.69, 9.17) is 15.9 Å². The fraction of sp³-hybridized carbons (Fsp3) is 0.448. The first-order valence-electron chi connectivity index (χ1n) is 13.6. The van der Waals surface area contributed by atoms with Crippen LogP contribution in [0.5, 0.6) is 5.75 Å². The highest BCUT2D eigenvalue weighted by Gasteiger charge is 2.39. The lowest BCUT2D eigenvalue weighted by Gasteiger charge is -2.30. The van der Waals surface area contributed by atoms with E-state index in [1.165, 1.54) is 17.0 Å². The predicted molar refractivity (Wildman–Crippen MR) is 148 cm³/mol. The molecule has 2 aliphatic rings. The van der Waals surface area contributed by atoms with Gasteiger partial charge in [0, 0.05) is 38.2 Å². The van der Waals surface area contributed by atoms with Crippen molar-refractivity contribution in [1.82, 2.24) is 20.9 Å². The van der Waals surface area contributed by atoms with Gasteiger partial charge in [-0.3, -0.25) is 19.8 Å². The molecule has 2 aromatic carbocycles. The summed E-state index contributed by atoms with van der Waals surface area (Å²) in [6, 6.07) is 8.97. The molecule has 214 valence electrons. The van der Waals surface area contributed by atoms with E-state index in [2.05, 4.69) is 16.0 Å². The topological polar surface area (TPSA) is 150 Å². The van der Waals surface area contributed by atoms with Gasteiger partial charge in [-0.15, -0.1) is 0 Å². The smallest absolute Gasteiger partial charge is 0.243 e. The monoisotopic (exact) mass is 552 g/mol. The maximum atomic E-state index is 14.0. The van der Waals surface area contributed by atoms with Gasteiger partial charge in [0.25, 0.3) is 0 Å². The number of nitrogens with zero attached hydrogens (tertiary/aromatic N) is 1. The van der Waals surface area contributed by atoms with Crippen LogP contribution in [0, 0.1) is 17.1 Å². The van der Waals surface area contributed by atoms with Gasteiger partial charge in [-0.1, -0.05) is 30.3 Å². The Morgan fingerprint density at radius 1 is 1.10 bits per heavy atom. The fourth-order valence-corrected chi connectivity index (χ4v) is 4.72. The fourth-order valence-electron chi connectivity index (χ4n) is 4.72. The number of amidine groups is 1. The Morgan fingerprint density at radius 3 is 2.50 bits per heavy atom. The number of fused-ring (bicyclic) bond motifs is 1. The van der Waals surface area contributed by atoms with Crippen LogP contribution in [-0.4, -0.2) is 73.3 Å². The molecule has 1 aliphatic carbocycles. The number of nitrogens with two attached hydrogens (primary N) is 1. The second-order valence-electron chi connectivity index (χ2n) is 10.4. The summed E-state index contributed by atoms with van der Waals surface area (Å²) >= 11 is 0. The van der Waals surface area contributed by atoms with E-state index in [1.54, 1.807) is 44.3 Å². The minimum Gasteiger partial charge on any atom is -0.492 e. The van der Waals surface area contributed by atoms with E-state index >= 15 is 0 Å². The molecule has 11 heteroatoms. The number of benzene rings is 2. The van der Waals surface area contributed by atoms with Crippen molar-refractivity contribution in [2.75, 3.05) is 26.7 Å². The van der Waals surface area contributed by atoms with Crippen molar-refractivity contribution in [2.45, 2.75) is 50.7 Å². The number of hydrogen-bond acceptors (Lipinski definition) is 6. The highest BCUT2D eigenvalue weighted by Crippen LogP contribution is 2.33. The number of nitrogens with one attached hydrogen (secondary N) is 4. The van der Waals surface area contributed by atoms with Crippen LogP contribution < -0.4 is 26.4 Å². The van der Waals surface area contributed by atoms with Crippen molar-refractivity contribution in [3.05, 3.63) is 65.0 Å². The molecule has 2 aromatic rings. The van der Waals surface area contributed by atoms with Crippen LogP contribution in [0.15, 0.2) is 42.5 Å². The molecule has 40 heavy (non-hydrogen) atoms. The van der Waals surface area contributed by atoms with E-state index in [1.807, 2.05) is 0 Å². The Bertz CT molecular complexity index is 1250. The maximum Gasteiger partial charge on any atom is 0.243 e. The molecule has 0 radical (unpaired) electrons. The van der Waals surface area contributed by atoms with Crippen molar-refractivity contribution in [3.63, 3.8) is 0 Å². The minimum atomic E-state index is -0.918. The molecular formula is C29H37FN6O4. The van der Waals surface area contributed by atoms with Gasteiger partial charge in [-0.05, 0) is 49.3 Å². The van der Waals surface area contributed by atoms with Crippen LogP contribution in [0.1, 0.15) is 36.5 Å². The molecule has 3 amide bonds. The van der Waals surface area contributed by atoms with E-state index in [0.717, 1.165) is 24.0 Å². The lowest BCUT2D eigenvalue weighted by Crippen LogP contribution is -2.56. The number of halogens is 1. The average Bonchev–Trinajstić information content (AvgIpc) is 3.77. The molecule has 1 fully saturated rings. The third-order valence-corrected chi connectivity index (χ3v) is 7.45. The molecule has 0 saturated heterocycles. The molecule has 1 aliphatic heterocycles. The minimum absolute atomic E-state index is 0.0669. The molecular weight excluding hydrogens is 515 g/mol. The van der Waals surface area contributed by atoms with Crippen molar-refractivity contribution < 1.29 is 23.5 Å². The van der Waals surface area contributed by atoms with Crippen molar-refractivity contribution in [1.29, 1.82) is 5.41 Å². The Morgan fingerprint density at radius 2 is 1.82 bits per heavy atom. The quantitative estimate of drug-likeness (QED) is 0.283. The van der Waals surface area contributed by atoms with Crippen LogP contribution in [0.4, 0.5) is 4.39 Å². The Kier molecular flexibility index (Phi) is 9.36. The summed E-state index contributed by atoms with van der Waals surface area (Å²) in [6.07, 6.45) is 2.41. The molecule has 1 saturated carbocycles. The molecule has 0 bridgehead atoms. The second kappa shape index (κ2) is 12.9. The number of amides is 3. The standard InChI is InChI=1S/C29H37FN6O4/c1-17-27(37)35-23(15-18-3-5-21(6-4-18)26(31)32)28(38)34-12-11-19-9-10-22(30)16-24(19)40-14-13-33-25(20-7-8-20)29(39)36(17)2/h3-6,9-10,16-17,20,23,25,33H,7-8,11-15H2,1-2H3,(H3,31,32)(H,34,38)(H,35,37)/t17-,23+,25+/m1/s1. The van der Waals surface area contributed by atoms with E-state index in [9.17, 15) is 18.8 Å². The first-order valence-corrected chi connectivity index (χ1v) is 13.6. The Hall–Kier alpha value is -3.99. The molecule has 6 N–H and O–H groups in total. The lowest BCUT2D eigenvalue weighted by molar-refractivity contribution is -0.141. The zero-order valence-electron chi connectivity index (χ0n) is 22.8. The number of nitrogen functional groups attached to an aromatic ring is 1. The Labute approximate surface area is 233 Å². The molecule has 0 aromatic heterocycles. The lowest BCUT2D eigenvalue weighted by atomic mass is 10.0. The maximum absolute atomic E-state index is 14.0. The largest absolute Gasteiger partial charge is 0.492 e. The summed E-state index contributed by atoms with van der Waals surface area (Å²) in [6.45, 7) is 2.48. The first kappa shape index (κ1) is 29.0. The van der Waals surface area contributed by atoms with Crippen LogP contribution in [0.3, 0.4) is 0 Å². The zero-order valence-corrected chi connectivity index (χ0v) is 22.8. The van der Waals surface area contributed by atoms with Crippen LogP contribution in [-0.2, 0) is 27.2 Å². The highest BCUT2D eigenvalue weighted by molar-refractivity contribution is 5.95. The molecule has 4 rings (SSSR count). The number of carbonyl (C=O) groups excluding carboxylic acids is 3. The summed E-state index contributed by atoms with van der Waals surface area (Å²) in [5.41, 5.74) is 7.60. The van der Waals surface area contributed by atoms with Gasteiger partial charge in [0.2, 0.25) is 17.7 Å². The second-order valence-corrected chi connectivity index (χ2v) is 10.4. The van der Waals surface area contributed by atoms with Gasteiger partial charge >= 0.3 is 0 Å². The number of carbonyl (C=O) groups is 3. The molecule has 0 unspecified atom stereocenters.